The zero-order chi connectivity index (χ0) is 23.4. The molecule has 0 aliphatic carbocycles. The summed E-state index contributed by atoms with van der Waals surface area (Å²) >= 11 is 0. The van der Waals surface area contributed by atoms with Crippen molar-refractivity contribution in [3.05, 3.63) is 71.8 Å². The highest BCUT2D eigenvalue weighted by Crippen LogP contribution is 2.51. The van der Waals surface area contributed by atoms with Crippen LogP contribution >= 0.6 is 0 Å². The van der Waals surface area contributed by atoms with Crippen LogP contribution in [0.2, 0.25) is 0 Å². The topological polar surface area (TPSA) is 92.6 Å². The fraction of sp³-hybridized carbons (Fsp3) is 0.360. The van der Waals surface area contributed by atoms with Crippen LogP contribution in [0.3, 0.4) is 0 Å². The van der Waals surface area contributed by atoms with Crippen molar-refractivity contribution in [2.45, 2.75) is 52.0 Å². The Kier molecular flexibility index (Phi) is 6.95. The first-order valence-corrected chi connectivity index (χ1v) is 13.0. The van der Waals surface area contributed by atoms with Gasteiger partial charge in [-0.05, 0) is 55.2 Å². The average Bonchev–Trinajstić information content (AvgIpc) is 2.79. The molecule has 0 bridgehead atoms. The second-order valence-electron chi connectivity index (χ2n) is 8.24. The maximum absolute atomic E-state index is 11.7. The molecule has 0 amide bonds. The van der Waals surface area contributed by atoms with Crippen molar-refractivity contribution < 1.29 is 17.7 Å². The highest BCUT2D eigenvalue weighted by molar-refractivity contribution is 7.85. The monoisotopic (exact) mass is 467 g/mol. The Morgan fingerprint density at radius 2 is 1.76 bits per heavy atom. The number of fused-ring (bicyclic) bond motifs is 2. The zero-order valence-corrected chi connectivity index (χ0v) is 19.8. The number of hydrogen-bond acceptors (Lipinski definition) is 6. The molecule has 2 aromatic carbocycles. The van der Waals surface area contributed by atoms with E-state index < -0.39 is 21.9 Å². The van der Waals surface area contributed by atoms with E-state index in [1.165, 1.54) is 5.56 Å². The molecule has 8 heteroatoms. The normalized spacial score (nSPS) is 13.7. The fourth-order valence-corrected chi connectivity index (χ4v) is 4.73. The van der Waals surface area contributed by atoms with Gasteiger partial charge in [-0.2, -0.15) is 8.42 Å². The van der Waals surface area contributed by atoms with Gasteiger partial charge in [-0.15, -0.1) is 0 Å². The van der Waals surface area contributed by atoms with E-state index in [2.05, 4.69) is 35.9 Å². The Morgan fingerprint density at radius 3 is 2.52 bits per heavy atom. The van der Waals surface area contributed by atoms with Crippen LogP contribution in [0, 0.1) is 0 Å². The Balaban J connectivity index is 1.88. The van der Waals surface area contributed by atoms with Crippen LogP contribution in [0.1, 0.15) is 56.2 Å². The number of anilines is 2. The Morgan fingerprint density at radius 1 is 1.00 bits per heavy atom. The quantitative estimate of drug-likeness (QED) is 0.407. The number of hydrogen-bond donors (Lipinski definition) is 1. The number of ether oxygens (including phenoxy) is 1. The molecular weight excluding hydrogens is 438 g/mol. The maximum atomic E-state index is 11.7. The van der Waals surface area contributed by atoms with Crippen LogP contribution in [0.15, 0.2) is 54.7 Å². The van der Waals surface area contributed by atoms with Gasteiger partial charge in [0, 0.05) is 11.9 Å². The van der Waals surface area contributed by atoms with Gasteiger partial charge in [-0.1, -0.05) is 44.9 Å². The zero-order valence-electron chi connectivity index (χ0n) is 18.9. The third-order valence-electron chi connectivity index (χ3n) is 5.66. The van der Waals surface area contributed by atoms with E-state index in [1.807, 2.05) is 36.4 Å². The van der Waals surface area contributed by atoms with Crippen molar-refractivity contribution in [1.82, 2.24) is 9.97 Å². The van der Waals surface area contributed by atoms with Gasteiger partial charge in [-0.25, -0.2) is 9.97 Å². The predicted molar refractivity (Wildman–Crippen MR) is 129 cm³/mol. The van der Waals surface area contributed by atoms with E-state index in [0.717, 1.165) is 42.8 Å². The molecule has 0 fully saturated rings. The summed E-state index contributed by atoms with van der Waals surface area (Å²) in [7, 11) is -4.17. The van der Waals surface area contributed by atoms with Gasteiger partial charge in [0.1, 0.15) is 0 Å². The maximum Gasteiger partial charge on any atom is 0.264 e. The summed E-state index contributed by atoms with van der Waals surface area (Å²) in [5.41, 5.74) is 3.72. The third kappa shape index (κ3) is 5.34. The molecule has 1 atom stereocenters. The number of rotatable bonds is 9. The Bertz CT molecular complexity index is 1230. The van der Waals surface area contributed by atoms with Crippen LogP contribution in [0.5, 0.6) is 11.5 Å². The van der Waals surface area contributed by atoms with Gasteiger partial charge in [0.05, 0.1) is 23.2 Å². The molecule has 0 spiro atoms. The summed E-state index contributed by atoms with van der Waals surface area (Å²) in [4.78, 5) is 11.4. The minimum atomic E-state index is -4.17. The van der Waals surface area contributed by atoms with Crippen LogP contribution < -0.4 is 9.64 Å². The summed E-state index contributed by atoms with van der Waals surface area (Å²) in [6.45, 7) is 4.21. The number of benzene rings is 2. The molecule has 33 heavy (non-hydrogen) atoms. The molecular formula is C25H29N3O4S. The molecule has 3 aromatic rings. The van der Waals surface area contributed by atoms with E-state index in [9.17, 15) is 13.0 Å². The molecule has 0 saturated heterocycles. The van der Waals surface area contributed by atoms with E-state index >= 15 is 0 Å². The van der Waals surface area contributed by atoms with Gasteiger partial charge < -0.3 is 9.64 Å². The number of para-hydroxylation sites is 2. The summed E-state index contributed by atoms with van der Waals surface area (Å²) in [6.07, 6.45) is 5.51. The van der Waals surface area contributed by atoms with Crippen molar-refractivity contribution in [3.63, 3.8) is 0 Å². The molecule has 2 heterocycles. The van der Waals surface area contributed by atoms with Gasteiger partial charge >= 0.3 is 0 Å². The standard InChI is InChI=1S/C25H29N3O4S/c1-3-7-18-11-12-24-22(17-18)28(20-9-5-6-10-23(20)32-24)21(14-16-33(29,30)31)25-26-15-13-19(27-25)8-4-2/h5-6,9-13,15,17,21H,3-4,7-8,14,16H2,1-2H3,(H,29,30,31). The van der Waals surface area contributed by atoms with E-state index in [1.54, 1.807) is 6.20 Å². The smallest absolute Gasteiger partial charge is 0.264 e. The summed E-state index contributed by atoms with van der Waals surface area (Å²) < 4.78 is 39.2. The molecule has 0 radical (unpaired) electrons. The highest BCUT2D eigenvalue weighted by atomic mass is 32.2. The minimum absolute atomic E-state index is 0.125. The van der Waals surface area contributed by atoms with Gasteiger partial charge in [0.25, 0.3) is 10.1 Å². The van der Waals surface area contributed by atoms with E-state index in [0.29, 0.717) is 17.3 Å². The SMILES string of the molecule is CCCc1ccc2c(c1)N(C(CCS(=O)(=O)O)c1nccc(CCC)n1)c1ccccc1O2. The summed E-state index contributed by atoms with van der Waals surface area (Å²) in [5.74, 6) is 1.49. The summed E-state index contributed by atoms with van der Waals surface area (Å²) in [6, 6.07) is 15.1. The molecule has 1 N–H and O–H groups in total. The van der Waals surface area contributed by atoms with E-state index in [4.69, 9.17) is 9.72 Å². The van der Waals surface area contributed by atoms with Crippen LogP contribution in [0.25, 0.3) is 0 Å². The number of nitrogens with zero attached hydrogens (tertiary/aromatic N) is 3. The fourth-order valence-electron chi connectivity index (χ4n) is 4.21. The number of aryl methyl sites for hydroxylation is 2. The largest absolute Gasteiger partial charge is 0.453 e. The van der Waals surface area contributed by atoms with E-state index in [-0.39, 0.29) is 6.42 Å². The molecule has 1 aliphatic rings. The second kappa shape index (κ2) is 9.89. The summed E-state index contributed by atoms with van der Waals surface area (Å²) in [5, 5.41) is 0. The minimum Gasteiger partial charge on any atom is -0.453 e. The van der Waals surface area contributed by atoms with Crippen LogP contribution in [0.4, 0.5) is 11.4 Å². The molecule has 0 saturated carbocycles. The van der Waals surface area contributed by atoms with Gasteiger partial charge in [-0.3, -0.25) is 4.55 Å². The van der Waals surface area contributed by atoms with Crippen molar-refractivity contribution in [1.29, 1.82) is 0 Å². The lowest BCUT2D eigenvalue weighted by molar-refractivity contribution is 0.458. The number of aromatic nitrogens is 2. The van der Waals surface area contributed by atoms with Gasteiger partial charge in [0.15, 0.2) is 17.3 Å². The predicted octanol–water partition coefficient (Wildman–Crippen LogP) is 5.64. The van der Waals surface area contributed by atoms with Crippen LogP contribution in [-0.4, -0.2) is 28.7 Å². The first kappa shape index (κ1) is 23.2. The Labute approximate surface area is 195 Å². The first-order chi connectivity index (χ1) is 15.9. The first-order valence-electron chi connectivity index (χ1n) is 11.4. The van der Waals surface area contributed by atoms with Gasteiger partial charge in [0.2, 0.25) is 0 Å². The van der Waals surface area contributed by atoms with Crippen molar-refractivity contribution >= 4 is 21.5 Å². The van der Waals surface area contributed by atoms with Crippen molar-refractivity contribution in [3.8, 4) is 11.5 Å². The third-order valence-corrected chi connectivity index (χ3v) is 6.41. The molecule has 174 valence electrons. The molecule has 4 rings (SSSR count). The lowest BCUT2D eigenvalue weighted by Gasteiger charge is -2.38. The highest BCUT2D eigenvalue weighted by Gasteiger charge is 2.33. The lowest BCUT2D eigenvalue weighted by Crippen LogP contribution is -2.30. The lowest BCUT2D eigenvalue weighted by atomic mass is 10.0. The molecule has 1 unspecified atom stereocenters. The molecule has 1 aromatic heterocycles. The molecule has 7 nitrogen and oxygen atoms in total. The van der Waals surface area contributed by atoms with Crippen molar-refractivity contribution in [2.24, 2.45) is 0 Å². The molecule has 1 aliphatic heterocycles. The second-order valence-corrected chi connectivity index (χ2v) is 9.81. The van der Waals surface area contributed by atoms with Crippen LogP contribution in [-0.2, 0) is 23.0 Å². The average molecular weight is 468 g/mol. The Hall–Kier alpha value is -2.97. The van der Waals surface area contributed by atoms with Crippen molar-refractivity contribution in [2.75, 3.05) is 10.7 Å².